The minimum absolute atomic E-state index is 0.0467. The zero-order valence-corrected chi connectivity index (χ0v) is 10.7. The Morgan fingerprint density at radius 1 is 1.16 bits per heavy atom. The Morgan fingerprint density at radius 3 is 2.58 bits per heavy atom. The molecule has 0 bridgehead atoms. The van der Waals surface area contributed by atoms with Gasteiger partial charge in [0.1, 0.15) is 5.82 Å². The van der Waals surface area contributed by atoms with Crippen LogP contribution in [0.5, 0.6) is 0 Å². The lowest BCUT2D eigenvalue weighted by Gasteiger charge is -2.09. The fourth-order valence-electron chi connectivity index (χ4n) is 1.91. The molecule has 0 radical (unpaired) electrons. The van der Waals surface area contributed by atoms with Crippen molar-refractivity contribution in [2.75, 3.05) is 0 Å². The zero-order valence-electron chi connectivity index (χ0n) is 10.7. The van der Waals surface area contributed by atoms with Crippen LogP contribution in [0.15, 0.2) is 46.1 Å². The SMILES string of the molecule is CCCn1ccc(=O)n(Cc2ccccc2F)c1=O. The Morgan fingerprint density at radius 2 is 1.89 bits per heavy atom. The molecule has 0 aliphatic rings. The fraction of sp³-hybridized carbons (Fsp3) is 0.286. The lowest BCUT2D eigenvalue weighted by molar-refractivity contribution is 0.551. The van der Waals surface area contributed by atoms with E-state index in [1.807, 2.05) is 6.92 Å². The minimum Gasteiger partial charge on any atom is -0.300 e. The van der Waals surface area contributed by atoms with Crippen molar-refractivity contribution in [2.45, 2.75) is 26.4 Å². The molecule has 0 saturated heterocycles. The van der Waals surface area contributed by atoms with E-state index in [1.54, 1.807) is 18.2 Å². The molecule has 4 nitrogen and oxygen atoms in total. The van der Waals surface area contributed by atoms with Gasteiger partial charge in [0, 0.05) is 24.4 Å². The molecule has 2 aromatic rings. The summed E-state index contributed by atoms with van der Waals surface area (Å²) in [6, 6.07) is 7.46. The molecule has 0 fully saturated rings. The first kappa shape index (κ1) is 13.3. The number of aromatic nitrogens is 2. The summed E-state index contributed by atoms with van der Waals surface area (Å²) in [7, 11) is 0. The number of rotatable bonds is 4. The molecular formula is C14H15FN2O2. The van der Waals surface area contributed by atoms with Crippen LogP contribution in [-0.2, 0) is 13.1 Å². The van der Waals surface area contributed by atoms with Crippen molar-refractivity contribution in [3.63, 3.8) is 0 Å². The van der Waals surface area contributed by atoms with Gasteiger partial charge < -0.3 is 4.57 Å². The fourth-order valence-corrected chi connectivity index (χ4v) is 1.91. The minimum atomic E-state index is -0.417. The second kappa shape index (κ2) is 5.65. The highest BCUT2D eigenvalue weighted by molar-refractivity contribution is 5.17. The molecule has 0 amide bonds. The first-order chi connectivity index (χ1) is 9.13. The third-order valence-corrected chi connectivity index (χ3v) is 2.89. The summed E-state index contributed by atoms with van der Waals surface area (Å²) in [6.07, 6.45) is 2.27. The topological polar surface area (TPSA) is 44.0 Å². The standard InChI is InChI=1S/C14H15FN2O2/c1-2-8-16-9-7-13(18)17(14(16)19)10-11-5-3-4-6-12(11)15/h3-7,9H,2,8,10H2,1H3. The molecule has 0 saturated carbocycles. The molecule has 0 atom stereocenters. The van der Waals surface area contributed by atoms with E-state index in [1.165, 1.54) is 22.9 Å². The van der Waals surface area contributed by atoms with E-state index >= 15 is 0 Å². The molecule has 1 aromatic heterocycles. The Kier molecular flexibility index (Phi) is 3.94. The Balaban J connectivity index is 2.46. The van der Waals surface area contributed by atoms with Gasteiger partial charge in [-0.3, -0.25) is 9.36 Å². The molecule has 100 valence electrons. The molecule has 0 unspecified atom stereocenters. The van der Waals surface area contributed by atoms with Crippen molar-refractivity contribution in [3.05, 3.63) is 68.7 Å². The summed E-state index contributed by atoms with van der Waals surface area (Å²) in [6.45, 7) is 2.43. The van der Waals surface area contributed by atoms with Gasteiger partial charge >= 0.3 is 5.69 Å². The van der Waals surface area contributed by atoms with Crippen molar-refractivity contribution < 1.29 is 4.39 Å². The van der Waals surface area contributed by atoms with Crippen LogP contribution in [0.3, 0.4) is 0 Å². The van der Waals surface area contributed by atoms with Crippen molar-refractivity contribution in [2.24, 2.45) is 0 Å². The highest BCUT2D eigenvalue weighted by atomic mass is 19.1. The monoisotopic (exact) mass is 262 g/mol. The van der Waals surface area contributed by atoms with Gasteiger partial charge in [-0.2, -0.15) is 0 Å². The van der Waals surface area contributed by atoms with E-state index in [9.17, 15) is 14.0 Å². The van der Waals surface area contributed by atoms with Gasteiger partial charge in [-0.1, -0.05) is 25.1 Å². The van der Waals surface area contributed by atoms with Gasteiger partial charge in [0.2, 0.25) is 0 Å². The van der Waals surface area contributed by atoms with Crippen LogP contribution in [0, 0.1) is 5.82 Å². The maximum atomic E-state index is 13.6. The quantitative estimate of drug-likeness (QED) is 0.840. The Bertz CT molecular complexity index is 688. The Hall–Kier alpha value is -2.17. The number of benzene rings is 1. The largest absolute Gasteiger partial charge is 0.331 e. The number of nitrogens with zero attached hydrogens (tertiary/aromatic N) is 2. The molecule has 0 aliphatic heterocycles. The summed E-state index contributed by atoms with van der Waals surface area (Å²) in [5, 5.41) is 0. The van der Waals surface area contributed by atoms with Crippen LogP contribution in [0.2, 0.25) is 0 Å². The number of aryl methyl sites for hydroxylation is 1. The third-order valence-electron chi connectivity index (χ3n) is 2.89. The Labute approximate surface area is 109 Å². The molecular weight excluding hydrogens is 247 g/mol. The van der Waals surface area contributed by atoms with E-state index in [-0.39, 0.29) is 6.54 Å². The highest BCUT2D eigenvalue weighted by Gasteiger charge is 2.08. The van der Waals surface area contributed by atoms with Crippen LogP contribution in [0.25, 0.3) is 0 Å². The maximum absolute atomic E-state index is 13.6. The van der Waals surface area contributed by atoms with Gasteiger partial charge in [0.25, 0.3) is 5.56 Å². The molecule has 0 spiro atoms. The molecule has 1 aromatic carbocycles. The predicted molar refractivity (Wildman–Crippen MR) is 70.8 cm³/mol. The zero-order chi connectivity index (χ0) is 13.8. The van der Waals surface area contributed by atoms with Crippen molar-refractivity contribution in [3.8, 4) is 0 Å². The second-order valence-electron chi connectivity index (χ2n) is 4.31. The van der Waals surface area contributed by atoms with Gasteiger partial charge in [0.15, 0.2) is 0 Å². The van der Waals surface area contributed by atoms with Crippen LogP contribution in [0.4, 0.5) is 4.39 Å². The lowest BCUT2D eigenvalue weighted by Crippen LogP contribution is -2.39. The second-order valence-corrected chi connectivity index (χ2v) is 4.31. The summed E-state index contributed by atoms with van der Waals surface area (Å²) in [5.74, 6) is -0.417. The third kappa shape index (κ3) is 2.81. The average Bonchev–Trinajstić information content (AvgIpc) is 2.40. The van der Waals surface area contributed by atoms with E-state index < -0.39 is 17.1 Å². The van der Waals surface area contributed by atoms with Crippen molar-refractivity contribution >= 4 is 0 Å². The van der Waals surface area contributed by atoms with Crippen LogP contribution < -0.4 is 11.2 Å². The molecule has 2 rings (SSSR count). The summed E-state index contributed by atoms with van der Waals surface area (Å²) >= 11 is 0. The first-order valence-corrected chi connectivity index (χ1v) is 6.17. The smallest absolute Gasteiger partial charge is 0.300 e. The van der Waals surface area contributed by atoms with Crippen LogP contribution >= 0.6 is 0 Å². The molecule has 19 heavy (non-hydrogen) atoms. The average molecular weight is 262 g/mol. The van der Waals surface area contributed by atoms with Crippen molar-refractivity contribution in [1.29, 1.82) is 0 Å². The number of hydrogen-bond acceptors (Lipinski definition) is 2. The molecule has 0 aliphatic carbocycles. The summed E-state index contributed by atoms with van der Waals surface area (Å²) in [4.78, 5) is 23.8. The van der Waals surface area contributed by atoms with E-state index in [0.29, 0.717) is 12.1 Å². The first-order valence-electron chi connectivity index (χ1n) is 6.17. The van der Waals surface area contributed by atoms with Gasteiger partial charge in [-0.15, -0.1) is 0 Å². The van der Waals surface area contributed by atoms with Gasteiger partial charge in [-0.25, -0.2) is 9.18 Å². The van der Waals surface area contributed by atoms with E-state index in [0.717, 1.165) is 11.0 Å². The summed E-state index contributed by atoms with van der Waals surface area (Å²) < 4.78 is 16.1. The number of hydrogen-bond donors (Lipinski definition) is 0. The van der Waals surface area contributed by atoms with Crippen molar-refractivity contribution in [1.82, 2.24) is 9.13 Å². The molecule has 1 heterocycles. The lowest BCUT2D eigenvalue weighted by atomic mass is 10.2. The maximum Gasteiger partial charge on any atom is 0.331 e. The van der Waals surface area contributed by atoms with Crippen LogP contribution in [0.1, 0.15) is 18.9 Å². The number of halogens is 1. The van der Waals surface area contributed by atoms with E-state index in [2.05, 4.69) is 0 Å². The molecule has 0 N–H and O–H groups in total. The van der Waals surface area contributed by atoms with E-state index in [4.69, 9.17) is 0 Å². The summed E-state index contributed by atoms with van der Waals surface area (Å²) in [5.41, 5.74) is -0.492. The molecule has 5 heteroatoms. The highest BCUT2D eigenvalue weighted by Crippen LogP contribution is 2.06. The predicted octanol–water partition coefficient (Wildman–Crippen LogP) is 1.61. The van der Waals surface area contributed by atoms with Crippen LogP contribution in [-0.4, -0.2) is 9.13 Å². The van der Waals surface area contributed by atoms with Gasteiger partial charge in [0.05, 0.1) is 6.54 Å². The van der Waals surface area contributed by atoms with Gasteiger partial charge in [-0.05, 0) is 12.5 Å². The normalized spacial score (nSPS) is 10.6.